The molecule has 92 valence electrons. The van der Waals surface area contributed by atoms with E-state index in [1.54, 1.807) is 16.4 Å². The third-order valence-electron chi connectivity index (χ3n) is 2.22. The zero-order valence-electron chi connectivity index (χ0n) is 9.54. The van der Waals surface area contributed by atoms with Gasteiger partial charge < -0.3 is 5.11 Å². The number of hydrogen-bond donors (Lipinski definition) is 1. The van der Waals surface area contributed by atoms with Crippen LogP contribution in [-0.2, 0) is 18.7 Å². The molecule has 1 N–H and O–H groups in total. The highest BCUT2D eigenvalue weighted by Gasteiger charge is 2.07. The number of aryl methyl sites for hydroxylation is 1. The van der Waals surface area contributed by atoms with Gasteiger partial charge in [-0.25, -0.2) is 4.68 Å². The van der Waals surface area contributed by atoms with Gasteiger partial charge >= 0.3 is 0 Å². The smallest absolute Gasteiger partial charge is 0.209 e. The molecule has 0 aliphatic heterocycles. The lowest BCUT2D eigenvalue weighted by Gasteiger charge is -2.00. The summed E-state index contributed by atoms with van der Waals surface area (Å²) in [6.45, 7) is 2.65. The van der Waals surface area contributed by atoms with E-state index in [4.69, 9.17) is 5.11 Å². The van der Waals surface area contributed by atoms with E-state index in [0.29, 0.717) is 6.54 Å². The molecule has 0 bridgehead atoms. The number of hydrogen-bond acceptors (Lipinski definition) is 6. The van der Waals surface area contributed by atoms with Crippen molar-refractivity contribution in [2.75, 3.05) is 6.61 Å². The van der Waals surface area contributed by atoms with Crippen molar-refractivity contribution < 1.29 is 5.11 Å². The summed E-state index contributed by atoms with van der Waals surface area (Å²) in [6.07, 6.45) is 1.08. The Bertz CT molecular complexity index is 468. The van der Waals surface area contributed by atoms with Crippen molar-refractivity contribution in [2.24, 2.45) is 0 Å². The second-order valence-corrected chi connectivity index (χ2v) is 5.61. The van der Waals surface area contributed by atoms with Crippen LogP contribution in [0.4, 0.5) is 0 Å². The molecular formula is C10H14N4OS2. The number of rotatable bonds is 6. The molecule has 0 aliphatic rings. The first kappa shape index (κ1) is 12.5. The van der Waals surface area contributed by atoms with Crippen molar-refractivity contribution in [3.63, 3.8) is 0 Å². The molecular weight excluding hydrogens is 256 g/mol. The Kier molecular flexibility index (Phi) is 4.52. The zero-order chi connectivity index (χ0) is 12.1. The topological polar surface area (TPSA) is 63.8 Å². The normalized spacial score (nSPS) is 10.9. The molecule has 7 heteroatoms. The van der Waals surface area contributed by atoms with Gasteiger partial charge in [0.2, 0.25) is 5.16 Å². The predicted octanol–water partition coefficient (Wildman–Crippen LogP) is 1.58. The lowest BCUT2D eigenvalue weighted by atomic mass is 10.4. The van der Waals surface area contributed by atoms with Crippen molar-refractivity contribution >= 4 is 23.1 Å². The second-order valence-electron chi connectivity index (χ2n) is 3.42. The van der Waals surface area contributed by atoms with E-state index in [9.17, 15) is 0 Å². The maximum Gasteiger partial charge on any atom is 0.209 e. The lowest BCUT2D eigenvalue weighted by Crippen LogP contribution is -2.05. The third kappa shape index (κ3) is 3.27. The molecule has 2 aromatic heterocycles. The minimum absolute atomic E-state index is 0.0532. The molecule has 0 radical (unpaired) electrons. The maximum atomic E-state index is 8.86. The third-order valence-corrected chi connectivity index (χ3v) is 4.64. The van der Waals surface area contributed by atoms with Crippen LogP contribution in [0.15, 0.2) is 17.3 Å². The first-order valence-electron chi connectivity index (χ1n) is 5.41. The summed E-state index contributed by atoms with van der Waals surface area (Å²) in [5.41, 5.74) is 0. The van der Waals surface area contributed by atoms with Crippen molar-refractivity contribution in [2.45, 2.75) is 30.8 Å². The van der Waals surface area contributed by atoms with E-state index in [0.717, 1.165) is 17.3 Å². The largest absolute Gasteiger partial charge is 0.394 e. The summed E-state index contributed by atoms with van der Waals surface area (Å²) in [6, 6.07) is 4.31. The first-order chi connectivity index (χ1) is 8.33. The van der Waals surface area contributed by atoms with Crippen LogP contribution < -0.4 is 0 Å². The Balaban J connectivity index is 1.94. The first-order valence-corrected chi connectivity index (χ1v) is 7.21. The van der Waals surface area contributed by atoms with Crippen LogP contribution in [0.1, 0.15) is 16.7 Å². The number of thioether (sulfide) groups is 1. The van der Waals surface area contributed by atoms with Crippen LogP contribution in [0.5, 0.6) is 0 Å². The zero-order valence-corrected chi connectivity index (χ0v) is 11.2. The van der Waals surface area contributed by atoms with Crippen LogP contribution in [0.25, 0.3) is 0 Å². The van der Waals surface area contributed by atoms with Gasteiger partial charge in [0.05, 0.1) is 13.2 Å². The fourth-order valence-electron chi connectivity index (χ4n) is 1.36. The minimum atomic E-state index is 0.0532. The monoisotopic (exact) mass is 270 g/mol. The Morgan fingerprint density at radius 1 is 1.41 bits per heavy atom. The SMILES string of the molecule is CCc1ccc(CSc2nnnn2CCO)s1. The van der Waals surface area contributed by atoms with Crippen molar-refractivity contribution in [1.29, 1.82) is 0 Å². The average molecular weight is 270 g/mol. The fourth-order valence-corrected chi connectivity index (χ4v) is 3.26. The van der Waals surface area contributed by atoms with E-state index >= 15 is 0 Å². The molecule has 5 nitrogen and oxygen atoms in total. The molecule has 0 saturated carbocycles. The summed E-state index contributed by atoms with van der Waals surface area (Å²) < 4.78 is 1.62. The molecule has 0 saturated heterocycles. The van der Waals surface area contributed by atoms with Crippen molar-refractivity contribution in [1.82, 2.24) is 20.2 Å². The van der Waals surface area contributed by atoms with Gasteiger partial charge in [-0.3, -0.25) is 0 Å². The molecule has 2 rings (SSSR count). The Labute approximate surface area is 108 Å². The summed E-state index contributed by atoms with van der Waals surface area (Å²) >= 11 is 3.42. The van der Waals surface area contributed by atoms with Gasteiger partial charge in [0.15, 0.2) is 0 Å². The lowest BCUT2D eigenvalue weighted by molar-refractivity contribution is 0.262. The molecule has 0 fully saturated rings. The Hall–Kier alpha value is -0.920. The predicted molar refractivity (Wildman–Crippen MR) is 68.2 cm³/mol. The molecule has 2 heterocycles. The highest BCUT2D eigenvalue weighted by Crippen LogP contribution is 2.25. The number of tetrazole rings is 1. The highest BCUT2D eigenvalue weighted by atomic mass is 32.2. The molecule has 0 amide bonds. The van der Waals surface area contributed by atoms with Crippen molar-refractivity contribution in [3.05, 3.63) is 21.9 Å². The van der Waals surface area contributed by atoms with Crippen LogP contribution in [0, 0.1) is 0 Å². The van der Waals surface area contributed by atoms with Gasteiger partial charge in [-0.1, -0.05) is 18.7 Å². The Morgan fingerprint density at radius 2 is 2.24 bits per heavy atom. The van der Waals surface area contributed by atoms with Crippen LogP contribution in [0.2, 0.25) is 0 Å². The summed E-state index contributed by atoms with van der Waals surface area (Å²) in [7, 11) is 0. The van der Waals surface area contributed by atoms with Gasteiger partial charge in [0, 0.05) is 15.5 Å². The number of nitrogens with zero attached hydrogens (tertiary/aromatic N) is 4. The number of aliphatic hydroxyl groups is 1. The molecule has 17 heavy (non-hydrogen) atoms. The van der Waals surface area contributed by atoms with E-state index in [2.05, 4.69) is 34.6 Å². The summed E-state index contributed by atoms with van der Waals surface area (Å²) in [4.78, 5) is 2.72. The molecule has 0 unspecified atom stereocenters. The van der Waals surface area contributed by atoms with Crippen molar-refractivity contribution in [3.8, 4) is 0 Å². The average Bonchev–Trinajstić information content (AvgIpc) is 2.95. The summed E-state index contributed by atoms with van der Waals surface area (Å²) in [5, 5.41) is 21.0. The molecule has 0 atom stereocenters. The van der Waals surface area contributed by atoms with Gasteiger partial charge in [-0.05, 0) is 29.0 Å². The van der Waals surface area contributed by atoms with Crippen LogP contribution in [-0.4, -0.2) is 31.9 Å². The summed E-state index contributed by atoms with van der Waals surface area (Å²) in [5.74, 6) is 0.871. The minimum Gasteiger partial charge on any atom is -0.394 e. The van der Waals surface area contributed by atoms with E-state index in [1.165, 1.54) is 9.75 Å². The van der Waals surface area contributed by atoms with Gasteiger partial charge in [-0.15, -0.1) is 16.4 Å². The second kappa shape index (κ2) is 6.13. The number of thiophene rings is 1. The van der Waals surface area contributed by atoms with E-state index < -0.39 is 0 Å². The maximum absolute atomic E-state index is 8.86. The van der Waals surface area contributed by atoms with Gasteiger partial charge in [-0.2, -0.15) is 0 Å². The van der Waals surface area contributed by atoms with Gasteiger partial charge in [0.1, 0.15) is 0 Å². The highest BCUT2D eigenvalue weighted by molar-refractivity contribution is 7.98. The molecule has 0 spiro atoms. The number of aliphatic hydroxyl groups excluding tert-OH is 1. The van der Waals surface area contributed by atoms with Gasteiger partial charge in [0.25, 0.3) is 0 Å². The van der Waals surface area contributed by atoms with Crippen LogP contribution >= 0.6 is 23.1 Å². The van der Waals surface area contributed by atoms with E-state index in [-0.39, 0.29) is 6.61 Å². The standard InChI is InChI=1S/C10H14N4OS2/c1-2-8-3-4-9(17-8)7-16-10-11-12-13-14(10)5-6-15/h3-4,15H,2,5-7H2,1H3. The van der Waals surface area contributed by atoms with E-state index in [1.807, 2.05) is 11.3 Å². The molecule has 0 aromatic carbocycles. The fraction of sp³-hybridized carbons (Fsp3) is 0.500. The number of aromatic nitrogens is 4. The quantitative estimate of drug-likeness (QED) is 0.807. The molecule has 2 aromatic rings. The Morgan fingerprint density at radius 3 is 2.94 bits per heavy atom. The molecule has 0 aliphatic carbocycles. The van der Waals surface area contributed by atoms with Crippen LogP contribution in [0.3, 0.4) is 0 Å².